The van der Waals surface area contributed by atoms with Gasteiger partial charge in [-0.1, -0.05) is 0 Å². The first-order chi connectivity index (χ1) is 12.2. The Balaban J connectivity index is 1.54. The van der Waals surface area contributed by atoms with Crippen LogP contribution in [0.1, 0.15) is 18.4 Å². The van der Waals surface area contributed by atoms with Crippen LogP contribution in [0.3, 0.4) is 0 Å². The van der Waals surface area contributed by atoms with Gasteiger partial charge in [-0.25, -0.2) is 15.0 Å². The molecule has 0 radical (unpaired) electrons. The molecule has 25 heavy (non-hydrogen) atoms. The van der Waals surface area contributed by atoms with Crippen molar-refractivity contribution in [2.24, 2.45) is 13.0 Å². The van der Waals surface area contributed by atoms with Gasteiger partial charge in [0.25, 0.3) is 0 Å². The Morgan fingerprint density at radius 3 is 2.96 bits per heavy atom. The average Bonchev–Trinajstić information content (AvgIpc) is 3.27. The summed E-state index contributed by atoms with van der Waals surface area (Å²) in [6, 6.07) is 0. The summed E-state index contributed by atoms with van der Waals surface area (Å²) >= 11 is 0. The minimum atomic E-state index is 0.592. The van der Waals surface area contributed by atoms with Gasteiger partial charge >= 0.3 is 0 Å². The highest BCUT2D eigenvalue weighted by molar-refractivity contribution is 5.62. The number of imidazole rings is 1. The predicted octanol–water partition coefficient (Wildman–Crippen LogP) is 2.30. The monoisotopic (exact) mass is 337 g/mol. The Kier molecular flexibility index (Phi) is 4.21. The van der Waals surface area contributed by atoms with E-state index < -0.39 is 0 Å². The SMILES string of the molecule is Cc1cnc(N2CCCC(Cn3ccnc3)C2)nc1-c1cnn(C)c1. The number of anilines is 1. The Morgan fingerprint density at radius 2 is 2.20 bits per heavy atom. The van der Waals surface area contributed by atoms with Crippen LogP contribution in [0.15, 0.2) is 37.3 Å². The van der Waals surface area contributed by atoms with Gasteiger partial charge in [0.2, 0.25) is 5.95 Å². The molecule has 4 rings (SSSR count). The first-order valence-corrected chi connectivity index (χ1v) is 8.72. The zero-order valence-electron chi connectivity index (χ0n) is 14.7. The van der Waals surface area contributed by atoms with Crippen molar-refractivity contribution in [3.63, 3.8) is 0 Å². The van der Waals surface area contributed by atoms with Crippen LogP contribution in [0, 0.1) is 12.8 Å². The second-order valence-corrected chi connectivity index (χ2v) is 6.82. The van der Waals surface area contributed by atoms with Crippen LogP contribution < -0.4 is 4.90 Å². The molecule has 3 aromatic heterocycles. The van der Waals surface area contributed by atoms with Crippen molar-refractivity contribution in [2.75, 3.05) is 18.0 Å². The van der Waals surface area contributed by atoms with Gasteiger partial charge < -0.3 is 9.47 Å². The molecule has 0 bridgehead atoms. The molecule has 1 saturated heterocycles. The van der Waals surface area contributed by atoms with E-state index in [9.17, 15) is 0 Å². The normalized spacial score (nSPS) is 17.8. The molecule has 7 heteroatoms. The topological polar surface area (TPSA) is 64.7 Å². The summed E-state index contributed by atoms with van der Waals surface area (Å²) in [6.07, 6.45) is 13.9. The number of rotatable bonds is 4. The minimum Gasteiger partial charge on any atom is -0.340 e. The lowest BCUT2D eigenvalue weighted by molar-refractivity contribution is 0.364. The zero-order chi connectivity index (χ0) is 17.2. The van der Waals surface area contributed by atoms with Crippen molar-refractivity contribution in [3.05, 3.63) is 42.9 Å². The average molecular weight is 337 g/mol. The number of nitrogens with zero attached hydrogens (tertiary/aromatic N) is 7. The highest BCUT2D eigenvalue weighted by Gasteiger charge is 2.23. The fourth-order valence-corrected chi connectivity index (χ4v) is 3.51. The van der Waals surface area contributed by atoms with Gasteiger partial charge in [-0.05, 0) is 31.2 Å². The minimum absolute atomic E-state index is 0.592. The van der Waals surface area contributed by atoms with Gasteiger partial charge in [-0.3, -0.25) is 4.68 Å². The lowest BCUT2D eigenvalue weighted by Gasteiger charge is -2.33. The van der Waals surface area contributed by atoms with Crippen molar-refractivity contribution in [1.29, 1.82) is 0 Å². The van der Waals surface area contributed by atoms with Crippen LogP contribution >= 0.6 is 0 Å². The summed E-state index contributed by atoms with van der Waals surface area (Å²) in [5.74, 6) is 1.41. The van der Waals surface area contributed by atoms with E-state index in [1.807, 2.05) is 51.3 Å². The molecular weight excluding hydrogens is 314 g/mol. The van der Waals surface area contributed by atoms with Gasteiger partial charge in [0.05, 0.1) is 18.2 Å². The number of aromatic nitrogens is 6. The van der Waals surface area contributed by atoms with Gasteiger partial charge in [-0.15, -0.1) is 0 Å². The van der Waals surface area contributed by atoms with Crippen LogP contribution in [0.5, 0.6) is 0 Å². The lowest BCUT2D eigenvalue weighted by Crippen LogP contribution is -2.38. The molecule has 1 aliphatic heterocycles. The third-order valence-corrected chi connectivity index (χ3v) is 4.77. The van der Waals surface area contributed by atoms with E-state index in [-0.39, 0.29) is 0 Å². The number of hydrogen-bond donors (Lipinski definition) is 0. The fourth-order valence-electron chi connectivity index (χ4n) is 3.51. The Morgan fingerprint density at radius 1 is 1.28 bits per heavy atom. The summed E-state index contributed by atoms with van der Waals surface area (Å²) in [4.78, 5) is 15.9. The summed E-state index contributed by atoms with van der Waals surface area (Å²) in [7, 11) is 1.92. The molecule has 0 aromatic carbocycles. The van der Waals surface area contributed by atoms with Gasteiger partial charge in [0, 0.05) is 57.0 Å². The molecule has 0 N–H and O–H groups in total. The van der Waals surface area contributed by atoms with Crippen LogP contribution in [0.4, 0.5) is 5.95 Å². The highest BCUT2D eigenvalue weighted by Crippen LogP contribution is 2.25. The Labute approximate surface area is 147 Å². The molecule has 4 heterocycles. The quantitative estimate of drug-likeness (QED) is 0.731. The summed E-state index contributed by atoms with van der Waals surface area (Å²) < 4.78 is 3.96. The van der Waals surface area contributed by atoms with E-state index in [4.69, 9.17) is 4.98 Å². The van der Waals surface area contributed by atoms with Crippen LogP contribution in [-0.4, -0.2) is 42.4 Å². The van der Waals surface area contributed by atoms with E-state index in [1.165, 1.54) is 12.8 Å². The van der Waals surface area contributed by atoms with E-state index in [0.29, 0.717) is 5.92 Å². The van der Waals surface area contributed by atoms with E-state index in [2.05, 4.69) is 24.5 Å². The van der Waals surface area contributed by atoms with E-state index >= 15 is 0 Å². The largest absolute Gasteiger partial charge is 0.340 e. The molecule has 0 saturated carbocycles. The second-order valence-electron chi connectivity index (χ2n) is 6.82. The van der Waals surface area contributed by atoms with Crippen molar-refractivity contribution < 1.29 is 0 Å². The van der Waals surface area contributed by atoms with Crippen LogP contribution in [-0.2, 0) is 13.6 Å². The van der Waals surface area contributed by atoms with E-state index in [1.54, 1.807) is 4.68 Å². The molecule has 1 fully saturated rings. The van der Waals surface area contributed by atoms with E-state index in [0.717, 1.165) is 42.4 Å². The molecule has 1 unspecified atom stereocenters. The summed E-state index contributed by atoms with van der Waals surface area (Å²) in [5.41, 5.74) is 3.08. The maximum atomic E-state index is 4.85. The standard InChI is InChI=1S/C18H23N7/c1-14-8-20-18(22-17(14)16-9-21-23(2)12-16)25-6-3-4-15(11-25)10-24-7-5-19-13-24/h5,7-9,12-13,15H,3-4,6,10-11H2,1-2H3. The maximum Gasteiger partial charge on any atom is 0.225 e. The smallest absolute Gasteiger partial charge is 0.225 e. The molecular formula is C18H23N7. The fraction of sp³-hybridized carbons (Fsp3) is 0.444. The molecule has 1 atom stereocenters. The number of piperidine rings is 1. The molecule has 1 aliphatic rings. The lowest BCUT2D eigenvalue weighted by atomic mass is 9.98. The molecule has 0 amide bonds. The van der Waals surface area contributed by atoms with Crippen molar-refractivity contribution in [2.45, 2.75) is 26.3 Å². The summed E-state index contributed by atoms with van der Waals surface area (Å²) in [6.45, 7) is 5.03. The van der Waals surface area contributed by atoms with Gasteiger partial charge in [0.1, 0.15) is 0 Å². The first-order valence-electron chi connectivity index (χ1n) is 8.72. The second kappa shape index (κ2) is 6.66. The van der Waals surface area contributed by atoms with Crippen LogP contribution in [0.25, 0.3) is 11.3 Å². The Hall–Kier alpha value is -2.70. The zero-order valence-corrected chi connectivity index (χ0v) is 14.7. The molecule has 0 spiro atoms. The predicted molar refractivity (Wildman–Crippen MR) is 96.1 cm³/mol. The van der Waals surface area contributed by atoms with Crippen molar-refractivity contribution >= 4 is 5.95 Å². The first kappa shape index (κ1) is 15.8. The Bertz CT molecular complexity index is 837. The molecule has 0 aliphatic carbocycles. The van der Waals surface area contributed by atoms with Crippen molar-refractivity contribution in [3.8, 4) is 11.3 Å². The number of hydrogen-bond acceptors (Lipinski definition) is 5. The van der Waals surface area contributed by atoms with Gasteiger partial charge in [0.15, 0.2) is 0 Å². The van der Waals surface area contributed by atoms with Crippen molar-refractivity contribution in [1.82, 2.24) is 29.3 Å². The molecule has 3 aromatic rings. The van der Waals surface area contributed by atoms with Crippen LogP contribution in [0.2, 0.25) is 0 Å². The molecule has 130 valence electrons. The summed E-state index contributed by atoms with van der Waals surface area (Å²) in [5, 5.41) is 4.26. The third kappa shape index (κ3) is 3.40. The number of aryl methyl sites for hydroxylation is 2. The third-order valence-electron chi connectivity index (χ3n) is 4.77. The highest BCUT2D eigenvalue weighted by atomic mass is 15.3. The molecule has 7 nitrogen and oxygen atoms in total. The maximum absolute atomic E-state index is 4.85. The van der Waals surface area contributed by atoms with Gasteiger partial charge in [-0.2, -0.15) is 5.10 Å².